The molecule has 0 spiro atoms. The third-order valence-electron chi connectivity index (χ3n) is 2.86. The SMILES string of the molecule is CCCCCC(C)OC1CCCC1=O. The number of ether oxygens (including phenoxy) is 1. The van der Waals surface area contributed by atoms with Gasteiger partial charge in [-0.25, -0.2) is 0 Å². The summed E-state index contributed by atoms with van der Waals surface area (Å²) in [5.74, 6) is 0.312. The lowest BCUT2D eigenvalue weighted by Gasteiger charge is -2.17. The first-order valence-electron chi connectivity index (χ1n) is 5.92. The average Bonchev–Trinajstić information content (AvgIpc) is 2.52. The van der Waals surface area contributed by atoms with E-state index in [2.05, 4.69) is 13.8 Å². The fourth-order valence-corrected chi connectivity index (χ4v) is 1.96. The number of hydrogen-bond donors (Lipinski definition) is 0. The molecule has 14 heavy (non-hydrogen) atoms. The van der Waals surface area contributed by atoms with Crippen molar-refractivity contribution < 1.29 is 9.53 Å². The van der Waals surface area contributed by atoms with Crippen molar-refractivity contribution in [3.05, 3.63) is 0 Å². The highest BCUT2D eigenvalue weighted by Gasteiger charge is 2.26. The minimum Gasteiger partial charge on any atom is -0.368 e. The van der Waals surface area contributed by atoms with Crippen LogP contribution in [0.5, 0.6) is 0 Å². The van der Waals surface area contributed by atoms with Gasteiger partial charge >= 0.3 is 0 Å². The largest absolute Gasteiger partial charge is 0.368 e. The molecule has 0 aromatic rings. The molecule has 1 aliphatic carbocycles. The summed E-state index contributed by atoms with van der Waals surface area (Å²) < 4.78 is 5.72. The van der Waals surface area contributed by atoms with Gasteiger partial charge in [0.1, 0.15) is 6.10 Å². The van der Waals surface area contributed by atoms with E-state index in [0.29, 0.717) is 5.78 Å². The van der Waals surface area contributed by atoms with Gasteiger partial charge in [-0.3, -0.25) is 4.79 Å². The molecule has 82 valence electrons. The minimum absolute atomic E-state index is 0.0772. The van der Waals surface area contributed by atoms with Crippen LogP contribution in [0.4, 0.5) is 0 Å². The molecule has 0 saturated heterocycles. The second-order valence-electron chi connectivity index (χ2n) is 4.29. The van der Waals surface area contributed by atoms with Crippen molar-refractivity contribution in [1.82, 2.24) is 0 Å². The van der Waals surface area contributed by atoms with Crippen LogP contribution in [-0.2, 0) is 9.53 Å². The minimum atomic E-state index is -0.0772. The Morgan fingerprint density at radius 1 is 1.50 bits per heavy atom. The fraction of sp³-hybridized carbons (Fsp3) is 0.917. The van der Waals surface area contributed by atoms with Crippen molar-refractivity contribution in [2.75, 3.05) is 0 Å². The summed E-state index contributed by atoms with van der Waals surface area (Å²) >= 11 is 0. The number of ketones is 1. The number of carbonyl (C=O) groups excluding carboxylic acids is 1. The van der Waals surface area contributed by atoms with Gasteiger partial charge in [-0.2, -0.15) is 0 Å². The second kappa shape index (κ2) is 6.18. The number of hydrogen-bond acceptors (Lipinski definition) is 2. The van der Waals surface area contributed by atoms with Gasteiger partial charge in [0.2, 0.25) is 0 Å². The molecule has 1 saturated carbocycles. The van der Waals surface area contributed by atoms with E-state index < -0.39 is 0 Å². The molecular formula is C12H22O2. The van der Waals surface area contributed by atoms with Crippen molar-refractivity contribution >= 4 is 5.78 Å². The third kappa shape index (κ3) is 3.79. The Bertz CT molecular complexity index is 177. The Labute approximate surface area is 87.0 Å². The van der Waals surface area contributed by atoms with Gasteiger partial charge in [0.25, 0.3) is 0 Å². The standard InChI is InChI=1S/C12H22O2/c1-3-4-5-7-10(2)14-12-9-6-8-11(12)13/h10,12H,3-9H2,1-2H3. The molecule has 0 aromatic carbocycles. The Kier molecular flexibility index (Phi) is 5.16. The van der Waals surface area contributed by atoms with Crippen molar-refractivity contribution in [3.63, 3.8) is 0 Å². The van der Waals surface area contributed by atoms with Crippen molar-refractivity contribution in [1.29, 1.82) is 0 Å². The van der Waals surface area contributed by atoms with Crippen molar-refractivity contribution in [3.8, 4) is 0 Å². The number of rotatable bonds is 6. The van der Waals surface area contributed by atoms with Crippen LogP contribution in [0.15, 0.2) is 0 Å². The van der Waals surface area contributed by atoms with Crippen LogP contribution >= 0.6 is 0 Å². The highest BCUT2D eigenvalue weighted by molar-refractivity contribution is 5.84. The third-order valence-corrected chi connectivity index (χ3v) is 2.86. The lowest BCUT2D eigenvalue weighted by molar-refractivity contribution is -0.130. The molecule has 0 amide bonds. The first-order valence-corrected chi connectivity index (χ1v) is 5.92. The van der Waals surface area contributed by atoms with Gasteiger partial charge in [-0.15, -0.1) is 0 Å². The predicted molar refractivity (Wildman–Crippen MR) is 57.3 cm³/mol. The Morgan fingerprint density at radius 2 is 2.29 bits per heavy atom. The van der Waals surface area contributed by atoms with Gasteiger partial charge in [0.05, 0.1) is 6.10 Å². The fourth-order valence-electron chi connectivity index (χ4n) is 1.96. The molecule has 0 radical (unpaired) electrons. The molecule has 0 aromatic heterocycles. The lowest BCUT2D eigenvalue weighted by atomic mass is 10.1. The molecule has 0 N–H and O–H groups in total. The van der Waals surface area contributed by atoms with Crippen LogP contribution < -0.4 is 0 Å². The molecule has 2 heteroatoms. The smallest absolute Gasteiger partial charge is 0.161 e. The Morgan fingerprint density at radius 3 is 2.86 bits per heavy atom. The molecule has 1 fully saturated rings. The molecular weight excluding hydrogens is 176 g/mol. The highest BCUT2D eigenvalue weighted by Crippen LogP contribution is 2.20. The zero-order chi connectivity index (χ0) is 10.4. The van der Waals surface area contributed by atoms with Gasteiger partial charge in [-0.05, 0) is 26.2 Å². The van der Waals surface area contributed by atoms with E-state index in [1.807, 2.05) is 0 Å². The van der Waals surface area contributed by atoms with E-state index in [1.54, 1.807) is 0 Å². The lowest BCUT2D eigenvalue weighted by Crippen LogP contribution is -2.23. The van der Waals surface area contributed by atoms with Crippen LogP contribution in [0.25, 0.3) is 0 Å². The van der Waals surface area contributed by atoms with Gasteiger partial charge in [0.15, 0.2) is 5.78 Å². The predicted octanol–water partition coefficient (Wildman–Crippen LogP) is 3.09. The van der Waals surface area contributed by atoms with E-state index in [1.165, 1.54) is 19.3 Å². The van der Waals surface area contributed by atoms with E-state index in [9.17, 15) is 4.79 Å². The molecule has 0 heterocycles. The highest BCUT2D eigenvalue weighted by atomic mass is 16.5. The normalized spacial score (nSPS) is 24.1. The average molecular weight is 198 g/mol. The quantitative estimate of drug-likeness (QED) is 0.613. The molecule has 0 aliphatic heterocycles. The maximum absolute atomic E-state index is 11.3. The topological polar surface area (TPSA) is 26.3 Å². The van der Waals surface area contributed by atoms with E-state index in [0.717, 1.165) is 25.7 Å². The zero-order valence-electron chi connectivity index (χ0n) is 9.42. The second-order valence-corrected chi connectivity index (χ2v) is 4.29. The van der Waals surface area contributed by atoms with Gasteiger partial charge in [-0.1, -0.05) is 26.2 Å². The number of carbonyl (C=O) groups is 1. The summed E-state index contributed by atoms with van der Waals surface area (Å²) in [6.07, 6.45) is 7.70. The number of unbranched alkanes of at least 4 members (excludes halogenated alkanes) is 2. The first-order chi connectivity index (χ1) is 6.74. The van der Waals surface area contributed by atoms with E-state index in [4.69, 9.17) is 4.74 Å². The zero-order valence-corrected chi connectivity index (χ0v) is 9.42. The molecule has 0 bridgehead atoms. The molecule has 2 nitrogen and oxygen atoms in total. The maximum Gasteiger partial charge on any atom is 0.161 e. The summed E-state index contributed by atoms with van der Waals surface area (Å²) in [4.78, 5) is 11.3. The van der Waals surface area contributed by atoms with Crippen LogP contribution in [0.1, 0.15) is 58.8 Å². The molecule has 2 atom stereocenters. The summed E-state index contributed by atoms with van der Waals surface area (Å²) in [7, 11) is 0. The van der Waals surface area contributed by atoms with Crippen LogP contribution in [0.3, 0.4) is 0 Å². The maximum atomic E-state index is 11.3. The van der Waals surface area contributed by atoms with Gasteiger partial charge in [0, 0.05) is 6.42 Å². The monoisotopic (exact) mass is 198 g/mol. The summed E-state index contributed by atoms with van der Waals surface area (Å²) in [6.45, 7) is 4.28. The summed E-state index contributed by atoms with van der Waals surface area (Å²) in [6, 6.07) is 0. The number of Topliss-reactive ketones (excluding diaryl/α,β-unsaturated/α-hetero) is 1. The van der Waals surface area contributed by atoms with Crippen LogP contribution in [0, 0.1) is 0 Å². The molecule has 1 aliphatic rings. The molecule has 1 rings (SSSR count). The van der Waals surface area contributed by atoms with Crippen LogP contribution in [0.2, 0.25) is 0 Å². The summed E-state index contributed by atoms with van der Waals surface area (Å²) in [5.41, 5.74) is 0. The Balaban J connectivity index is 2.12. The summed E-state index contributed by atoms with van der Waals surface area (Å²) in [5, 5.41) is 0. The van der Waals surface area contributed by atoms with Crippen molar-refractivity contribution in [2.45, 2.75) is 71.0 Å². The van der Waals surface area contributed by atoms with Crippen LogP contribution in [-0.4, -0.2) is 18.0 Å². The van der Waals surface area contributed by atoms with Gasteiger partial charge < -0.3 is 4.74 Å². The van der Waals surface area contributed by atoms with E-state index in [-0.39, 0.29) is 12.2 Å². The Hall–Kier alpha value is -0.370. The van der Waals surface area contributed by atoms with Crippen molar-refractivity contribution in [2.24, 2.45) is 0 Å². The molecule has 2 unspecified atom stereocenters. The van der Waals surface area contributed by atoms with E-state index >= 15 is 0 Å². The first kappa shape index (κ1) is 11.7.